The van der Waals surface area contributed by atoms with E-state index in [1.54, 1.807) is 6.07 Å². The standard InChI is InChI=1S/C13H15ClFN3/c14-10-4-1-7(5-11(10)15)9-6-12(9)18-13(16)17-8-2-3-8/h1,4-5,8-9,12H,2-3,6H2,(H3,16,17,18)/t9-,12+/m0/s1. The van der Waals surface area contributed by atoms with E-state index in [4.69, 9.17) is 17.3 Å². The molecule has 2 aliphatic carbocycles. The summed E-state index contributed by atoms with van der Waals surface area (Å²) in [5.41, 5.74) is 6.74. The van der Waals surface area contributed by atoms with Crippen molar-refractivity contribution in [2.75, 3.05) is 0 Å². The fourth-order valence-electron chi connectivity index (χ4n) is 2.08. The molecule has 2 aliphatic rings. The first-order valence-corrected chi connectivity index (χ1v) is 6.56. The quantitative estimate of drug-likeness (QED) is 0.653. The molecular formula is C13H15ClFN3. The molecule has 18 heavy (non-hydrogen) atoms. The van der Waals surface area contributed by atoms with Crippen LogP contribution in [0.15, 0.2) is 23.2 Å². The van der Waals surface area contributed by atoms with Crippen molar-refractivity contribution in [1.29, 1.82) is 0 Å². The number of guanidine groups is 1. The van der Waals surface area contributed by atoms with Crippen LogP contribution in [0.1, 0.15) is 30.7 Å². The lowest BCUT2D eigenvalue weighted by Crippen LogP contribution is -2.33. The van der Waals surface area contributed by atoms with E-state index in [1.807, 2.05) is 6.07 Å². The van der Waals surface area contributed by atoms with Crippen molar-refractivity contribution in [3.63, 3.8) is 0 Å². The third-order valence-corrected chi connectivity index (χ3v) is 3.67. The summed E-state index contributed by atoms with van der Waals surface area (Å²) < 4.78 is 13.3. The van der Waals surface area contributed by atoms with Gasteiger partial charge in [-0.15, -0.1) is 0 Å². The Hall–Kier alpha value is -1.29. The maximum atomic E-state index is 13.3. The third kappa shape index (κ3) is 2.58. The van der Waals surface area contributed by atoms with E-state index in [9.17, 15) is 4.39 Å². The number of hydrogen-bond donors (Lipinski definition) is 2. The zero-order chi connectivity index (χ0) is 12.7. The average Bonchev–Trinajstić information content (AvgIpc) is 3.20. The van der Waals surface area contributed by atoms with E-state index < -0.39 is 0 Å². The van der Waals surface area contributed by atoms with E-state index in [1.165, 1.54) is 18.9 Å². The summed E-state index contributed by atoms with van der Waals surface area (Å²) in [4.78, 5) is 4.41. The lowest BCUT2D eigenvalue weighted by molar-refractivity contribution is 0.625. The molecule has 5 heteroatoms. The van der Waals surface area contributed by atoms with Crippen LogP contribution in [-0.2, 0) is 0 Å². The van der Waals surface area contributed by atoms with E-state index in [-0.39, 0.29) is 22.8 Å². The molecule has 0 radical (unpaired) electrons. The number of rotatable bonds is 3. The number of aliphatic imine (C=N–C) groups is 1. The van der Waals surface area contributed by atoms with Crippen LogP contribution in [0.3, 0.4) is 0 Å². The molecule has 0 heterocycles. The number of halogens is 2. The Morgan fingerprint density at radius 2 is 2.22 bits per heavy atom. The lowest BCUT2D eigenvalue weighted by Gasteiger charge is -2.03. The van der Waals surface area contributed by atoms with Gasteiger partial charge >= 0.3 is 0 Å². The predicted molar refractivity (Wildman–Crippen MR) is 70.3 cm³/mol. The van der Waals surface area contributed by atoms with Crippen molar-refractivity contribution in [3.8, 4) is 0 Å². The Kier molecular flexibility index (Phi) is 2.90. The first kappa shape index (κ1) is 11.8. The maximum Gasteiger partial charge on any atom is 0.189 e. The molecule has 2 atom stereocenters. The van der Waals surface area contributed by atoms with Gasteiger partial charge in [0.2, 0.25) is 0 Å². The van der Waals surface area contributed by atoms with Gasteiger partial charge in [-0.2, -0.15) is 0 Å². The van der Waals surface area contributed by atoms with Crippen molar-refractivity contribution in [3.05, 3.63) is 34.6 Å². The summed E-state index contributed by atoms with van der Waals surface area (Å²) in [6.45, 7) is 0. The molecular weight excluding hydrogens is 253 g/mol. The minimum absolute atomic E-state index is 0.161. The summed E-state index contributed by atoms with van der Waals surface area (Å²) in [6, 6.07) is 5.64. The van der Waals surface area contributed by atoms with Crippen molar-refractivity contribution in [2.45, 2.75) is 37.3 Å². The van der Waals surface area contributed by atoms with Gasteiger partial charge in [0.05, 0.1) is 11.1 Å². The molecule has 2 fully saturated rings. The first-order valence-electron chi connectivity index (χ1n) is 6.18. The van der Waals surface area contributed by atoms with Crippen molar-refractivity contribution < 1.29 is 4.39 Å². The van der Waals surface area contributed by atoms with Gasteiger partial charge in [-0.3, -0.25) is 0 Å². The summed E-state index contributed by atoms with van der Waals surface area (Å²) >= 11 is 5.66. The topological polar surface area (TPSA) is 50.4 Å². The molecule has 0 bridgehead atoms. The molecule has 1 aromatic rings. The van der Waals surface area contributed by atoms with Crippen LogP contribution in [0.2, 0.25) is 5.02 Å². The van der Waals surface area contributed by atoms with Gasteiger partial charge in [-0.25, -0.2) is 9.38 Å². The van der Waals surface area contributed by atoms with Gasteiger partial charge in [0.25, 0.3) is 0 Å². The zero-order valence-corrected chi connectivity index (χ0v) is 10.6. The molecule has 1 aromatic carbocycles. The Morgan fingerprint density at radius 3 is 2.89 bits per heavy atom. The highest BCUT2D eigenvalue weighted by atomic mass is 35.5. The molecule has 0 aliphatic heterocycles. The van der Waals surface area contributed by atoms with E-state index >= 15 is 0 Å². The Labute approximate surface area is 110 Å². The fourth-order valence-corrected chi connectivity index (χ4v) is 2.20. The number of nitrogens with zero attached hydrogens (tertiary/aromatic N) is 1. The Balaban J connectivity index is 1.63. The molecule has 0 saturated heterocycles. The summed E-state index contributed by atoms with van der Waals surface area (Å²) in [5.74, 6) is 0.420. The van der Waals surface area contributed by atoms with E-state index in [0.29, 0.717) is 12.0 Å². The normalized spacial score (nSPS) is 27.1. The number of hydrogen-bond acceptors (Lipinski definition) is 1. The monoisotopic (exact) mass is 267 g/mol. The van der Waals surface area contributed by atoms with Crippen molar-refractivity contribution in [1.82, 2.24) is 5.32 Å². The van der Waals surface area contributed by atoms with Crippen LogP contribution in [0.25, 0.3) is 0 Å². The van der Waals surface area contributed by atoms with Crippen LogP contribution in [0.4, 0.5) is 4.39 Å². The molecule has 3 nitrogen and oxygen atoms in total. The predicted octanol–water partition coefficient (Wildman–Crippen LogP) is 2.40. The minimum atomic E-state index is -0.368. The SMILES string of the molecule is NC(=N[C@@H]1C[C@H]1c1ccc(Cl)c(F)c1)NC1CC1. The van der Waals surface area contributed by atoms with Gasteiger partial charge in [-0.05, 0) is 37.0 Å². The highest BCUT2D eigenvalue weighted by molar-refractivity contribution is 6.30. The second-order valence-electron chi connectivity index (χ2n) is 5.02. The lowest BCUT2D eigenvalue weighted by atomic mass is 10.1. The molecule has 96 valence electrons. The van der Waals surface area contributed by atoms with Crippen LogP contribution in [0, 0.1) is 5.82 Å². The summed E-state index contributed by atoms with van der Waals surface area (Å²) in [6.07, 6.45) is 3.27. The van der Waals surface area contributed by atoms with Gasteiger partial charge in [0.15, 0.2) is 5.96 Å². The highest BCUT2D eigenvalue weighted by Gasteiger charge is 2.39. The number of nitrogens with two attached hydrogens (primary N) is 1. The van der Waals surface area contributed by atoms with Crippen LogP contribution < -0.4 is 11.1 Å². The van der Waals surface area contributed by atoms with Crippen LogP contribution >= 0.6 is 11.6 Å². The van der Waals surface area contributed by atoms with Crippen LogP contribution in [0.5, 0.6) is 0 Å². The maximum absolute atomic E-state index is 13.3. The zero-order valence-electron chi connectivity index (χ0n) is 9.87. The summed E-state index contributed by atoms with van der Waals surface area (Å²) in [5, 5.41) is 3.31. The van der Waals surface area contributed by atoms with Gasteiger partial charge < -0.3 is 11.1 Å². The fraction of sp³-hybridized carbons (Fsp3) is 0.462. The molecule has 3 rings (SSSR count). The second-order valence-corrected chi connectivity index (χ2v) is 5.42. The highest BCUT2D eigenvalue weighted by Crippen LogP contribution is 2.44. The molecule has 0 spiro atoms. The molecule has 0 unspecified atom stereocenters. The largest absolute Gasteiger partial charge is 0.370 e. The molecule has 3 N–H and O–H groups in total. The van der Waals surface area contributed by atoms with E-state index in [0.717, 1.165) is 12.0 Å². The minimum Gasteiger partial charge on any atom is -0.370 e. The second kappa shape index (κ2) is 4.43. The average molecular weight is 268 g/mol. The summed E-state index contributed by atoms with van der Waals surface area (Å²) in [7, 11) is 0. The van der Waals surface area contributed by atoms with Crippen molar-refractivity contribution >= 4 is 17.6 Å². The van der Waals surface area contributed by atoms with Crippen molar-refractivity contribution in [2.24, 2.45) is 10.7 Å². The number of benzene rings is 1. The molecule has 0 aromatic heterocycles. The van der Waals surface area contributed by atoms with Crippen LogP contribution in [-0.4, -0.2) is 18.0 Å². The molecule has 2 saturated carbocycles. The molecule has 0 amide bonds. The van der Waals surface area contributed by atoms with Gasteiger partial charge in [0, 0.05) is 12.0 Å². The smallest absolute Gasteiger partial charge is 0.189 e. The van der Waals surface area contributed by atoms with E-state index in [2.05, 4.69) is 10.3 Å². The third-order valence-electron chi connectivity index (χ3n) is 3.36. The van der Waals surface area contributed by atoms with Gasteiger partial charge in [0.1, 0.15) is 5.82 Å². The number of nitrogens with one attached hydrogen (secondary N) is 1. The Bertz CT molecular complexity index is 499. The van der Waals surface area contributed by atoms with Gasteiger partial charge in [-0.1, -0.05) is 17.7 Å². The first-order chi connectivity index (χ1) is 8.63. The Morgan fingerprint density at radius 1 is 1.44 bits per heavy atom.